The van der Waals surface area contributed by atoms with E-state index in [0.717, 1.165) is 40.9 Å². The van der Waals surface area contributed by atoms with Crippen molar-refractivity contribution in [3.8, 4) is 16.8 Å². The monoisotopic (exact) mass is 434 g/mol. The third-order valence-corrected chi connectivity index (χ3v) is 5.61. The number of nitrogens with zero attached hydrogens (tertiary/aromatic N) is 6. The molecule has 0 radical (unpaired) electrons. The molecule has 0 aliphatic rings. The van der Waals surface area contributed by atoms with Gasteiger partial charge in [-0.2, -0.15) is 4.68 Å². The number of halogens is 1. The predicted molar refractivity (Wildman–Crippen MR) is 121 cm³/mol. The van der Waals surface area contributed by atoms with Crippen LogP contribution in [0.4, 0.5) is 4.39 Å². The van der Waals surface area contributed by atoms with Crippen molar-refractivity contribution in [1.82, 2.24) is 29.3 Å². The summed E-state index contributed by atoms with van der Waals surface area (Å²) in [7, 11) is 0. The van der Waals surface area contributed by atoms with E-state index in [2.05, 4.69) is 15.5 Å². The smallest absolute Gasteiger partial charge is 0.293 e. The molecular formula is C24H27FN6O. The summed E-state index contributed by atoms with van der Waals surface area (Å²) < 4.78 is 18.8. The van der Waals surface area contributed by atoms with Gasteiger partial charge in [0.2, 0.25) is 0 Å². The molecule has 7 nitrogen and oxygen atoms in total. The minimum Gasteiger partial charge on any atom is -0.293 e. The zero-order chi connectivity index (χ0) is 22.5. The van der Waals surface area contributed by atoms with E-state index in [9.17, 15) is 9.18 Å². The molecule has 2 aromatic carbocycles. The first kappa shape index (κ1) is 21.7. The molecule has 0 spiro atoms. The lowest BCUT2D eigenvalue weighted by molar-refractivity contribution is 0.449. The number of tetrazole rings is 1. The molecule has 0 fully saturated rings. The van der Waals surface area contributed by atoms with Crippen LogP contribution in [-0.2, 0) is 26.2 Å². The van der Waals surface area contributed by atoms with Gasteiger partial charge in [0, 0.05) is 17.8 Å². The molecule has 0 atom stereocenters. The number of hydrogen-bond acceptors (Lipinski definition) is 4. The number of hydrogen-bond donors (Lipinski definition) is 0. The Bertz CT molecular complexity index is 1220. The highest BCUT2D eigenvalue weighted by Gasteiger charge is 2.19. The Morgan fingerprint density at radius 2 is 1.72 bits per heavy atom. The maximum absolute atomic E-state index is 13.8. The van der Waals surface area contributed by atoms with Crippen molar-refractivity contribution in [2.75, 3.05) is 0 Å². The van der Waals surface area contributed by atoms with Crippen LogP contribution in [0.3, 0.4) is 0 Å². The summed E-state index contributed by atoms with van der Waals surface area (Å²) in [5.74, 6) is 0. The molecular weight excluding hydrogens is 407 g/mol. The van der Waals surface area contributed by atoms with Gasteiger partial charge in [-0.15, -0.1) is 5.10 Å². The number of alkyl halides is 1. The van der Waals surface area contributed by atoms with E-state index in [4.69, 9.17) is 0 Å². The lowest BCUT2D eigenvalue weighted by atomic mass is 10.0. The summed E-state index contributed by atoms with van der Waals surface area (Å²) in [6.45, 7) is 4.38. The highest BCUT2D eigenvalue weighted by atomic mass is 19.1. The van der Waals surface area contributed by atoms with E-state index in [-0.39, 0.29) is 5.69 Å². The fourth-order valence-electron chi connectivity index (χ4n) is 4.13. The molecule has 0 aliphatic carbocycles. The van der Waals surface area contributed by atoms with Gasteiger partial charge in [-0.05, 0) is 40.5 Å². The maximum Gasteiger partial charge on any atom is 0.328 e. The van der Waals surface area contributed by atoms with Gasteiger partial charge in [-0.3, -0.25) is 9.13 Å². The molecule has 8 heteroatoms. The van der Waals surface area contributed by atoms with Crippen LogP contribution in [0.1, 0.15) is 43.6 Å². The molecule has 166 valence electrons. The molecule has 0 amide bonds. The minimum atomic E-state index is -0.621. The van der Waals surface area contributed by atoms with Crippen LogP contribution in [0.5, 0.6) is 0 Å². The Kier molecular flexibility index (Phi) is 6.58. The van der Waals surface area contributed by atoms with E-state index in [0.29, 0.717) is 25.2 Å². The van der Waals surface area contributed by atoms with Crippen LogP contribution in [0.2, 0.25) is 0 Å². The first-order valence-corrected chi connectivity index (χ1v) is 11.0. The lowest BCUT2D eigenvalue weighted by Crippen LogP contribution is -2.26. The normalized spacial score (nSPS) is 11.2. The molecule has 2 heterocycles. The number of imidazole rings is 1. The molecule has 0 N–H and O–H groups in total. The maximum atomic E-state index is 13.8. The summed E-state index contributed by atoms with van der Waals surface area (Å²) in [6.07, 6.45) is 3.90. The number of para-hydroxylation sites is 1. The minimum absolute atomic E-state index is 0.129. The molecule has 0 bridgehead atoms. The van der Waals surface area contributed by atoms with Gasteiger partial charge in [0.25, 0.3) is 0 Å². The van der Waals surface area contributed by atoms with Crippen molar-refractivity contribution in [2.24, 2.45) is 0 Å². The topological polar surface area (TPSA) is 70.5 Å². The van der Waals surface area contributed by atoms with Crippen LogP contribution < -0.4 is 5.69 Å². The fourth-order valence-corrected chi connectivity index (χ4v) is 4.13. The molecule has 0 saturated carbocycles. The van der Waals surface area contributed by atoms with Gasteiger partial charge in [0.15, 0.2) is 0 Å². The van der Waals surface area contributed by atoms with Gasteiger partial charge >= 0.3 is 5.69 Å². The van der Waals surface area contributed by atoms with Crippen LogP contribution >= 0.6 is 0 Å². The van der Waals surface area contributed by atoms with Gasteiger partial charge in [-0.1, -0.05) is 62.7 Å². The number of benzene rings is 2. The van der Waals surface area contributed by atoms with Crippen molar-refractivity contribution in [1.29, 1.82) is 0 Å². The number of rotatable bonds is 9. The molecule has 0 aliphatic heterocycles. The third kappa shape index (κ3) is 4.12. The third-order valence-electron chi connectivity index (χ3n) is 5.61. The zero-order valence-corrected chi connectivity index (χ0v) is 18.4. The van der Waals surface area contributed by atoms with E-state index in [1.807, 2.05) is 62.4 Å². The Labute approximate surface area is 186 Å². The Morgan fingerprint density at radius 1 is 0.938 bits per heavy atom. The second-order valence-corrected chi connectivity index (χ2v) is 7.77. The summed E-state index contributed by atoms with van der Waals surface area (Å²) in [5, 5.41) is 11.5. The van der Waals surface area contributed by atoms with E-state index in [1.54, 1.807) is 20.1 Å². The van der Waals surface area contributed by atoms with E-state index < -0.39 is 6.67 Å². The second kappa shape index (κ2) is 9.72. The quantitative estimate of drug-likeness (QED) is 0.396. The van der Waals surface area contributed by atoms with Crippen LogP contribution in [-0.4, -0.2) is 29.3 Å². The van der Waals surface area contributed by atoms with Crippen molar-refractivity contribution < 1.29 is 4.39 Å². The SMILES string of the molecule is CCCc1c(CF)n(CCC)c(=O)n1Cc1ccc(-c2ccccc2-n2cnnn2)cc1. The molecule has 0 unspecified atom stereocenters. The molecule has 4 aromatic rings. The zero-order valence-electron chi connectivity index (χ0n) is 18.4. The van der Waals surface area contributed by atoms with Crippen molar-refractivity contribution >= 4 is 0 Å². The summed E-state index contributed by atoms with van der Waals surface area (Å²) in [4.78, 5) is 13.0. The fraction of sp³-hybridized carbons (Fsp3) is 0.333. The van der Waals surface area contributed by atoms with Crippen molar-refractivity contribution in [2.45, 2.75) is 52.9 Å². The standard InChI is InChI=1S/C24H27FN6O/c1-3-7-22-23(15-25)29(14-4-2)24(32)30(22)16-18-10-12-19(13-11-18)20-8-5-6-9-21(20)31-17-26-27-28-31/h5-6,8-13,17H,3-4,7,14-16H2,1-2H3. The van der Waals surface area contributed by atoms with Crippen molar-refractivity contribution in [3.05, 3.63) is 82.3 Å². The average Bonchev–Trinajstić information content (AvgIpc) is 3.44. The average molecular weight is 435 g/mol. The highest BCUT2D eigenvalue weighted by Crippen LogP contribution is 2.26. The van der Waals surface area contributed by atoms with Crippen LogP contribution in [0, 0.1) is 0 Å². The molecule has 0 saturated heterocycles. The Hall–Kier alpha value is -3.55. The van der Waals surface area contributed by atoms with E-state index >= 15 is 0 Å². The Balaban J connectivity index is 1.67. The summed E-state index contributed by atoms with van der Waals surface area (Å²) in [5.41, 5.74) is 5.10. The van der Waals surface area contributed by atoms with E-state index in [1.165, 1.54) is 0 Å². The van der Waals surface area contributed by atoms with Crippen LogP contribution in [0.25, 0.3) is 16.8 Å². The predicted octanol–water partition coefficient (Wildman–Crippen LogP) is 4.17. The summed E-state index contributed by atoms with van der Waals surface area (Å²) in [6, 6.07) is 16.0. The van der Waals surface area contributed by atoms with Crippen molar-refractivity contribution in [3.63, 3.8) is 0 Å². The molecule has 4 rings (SSSR count). The highest BCUT2D eigenvalue weighted by molar-refractivity contribution is 5.72. The second-order valence-electron chi connectivity index (χ2n) is 7.77. The number of aromatic nitrogens is 6. The lowest BCUT2D eigenvalue weighted by Gasteiger charge is -2.11. The first-order chi connectivity index (χ1) is 15.7. The first-order valence-electron chi connectivity index (χ1n) is 11.0. The Morgan fingerprint density at radius 3 is 2.38 bits per heavy atom. The largest absolute Gasteiger partial charge is 0.328 e. The molecule has 32 heavy (non-hydrogen) atoms. The van der Waals surface area contributed by atoms with Crippen LogP contribution in [0.15, 0.2) is 59.7 Å². The van der Waals surface area contributed by atoms with Gasteiger partial charge in [0.1, 0.15) is 13.0 Å². The summed E-state index contributed by atoms with van der Waals surface area (Å²) >= 11 is 0. The van der Waals surface area contributed by atoms with Gasteiger partial charge in [-0.25, -0.2) is 9.18 Å². The van der Waals surface area contributed by atoms with Gasteiger partial charge < -0.3 is 0 Å². The van der Waals surface area contributed by atoms with Gasteiger partial charge in [0.05, 0.1) is 17.9 Å². The molecule has 2 aromatic heterocycles.